The molecule has 0 unspecified atom stereocenters. The van der Waals surface area contributed by atoms with Gasteiger partial charge in [-0.1, -0.05) is 66.2 Å². The SMILES string of the molecule is C=C/C(CC)=C(/C)CC.CC.CCC. The average molecular weight is 198 g/mol. The van der Waals surface area contributed by atoms with E-state index in [-0.39, 0.29) is 0 Å². The van der Waals surface area contributed by atoms with Crippen LogP contribution in [0.3, 0.4) is 0 Å². The van der Waals surface area contributed by atoms with Gasteiger partial charge >= 0.3 is 0 Å². The van der Waals surface area contributed by atoms with Gasteiger partial charge in [0, 0.05) is 0 Å². The van der Waals surface area contributed by atoms with E-state index in [1.165, 1.54) is 17.6 Å². The highest BCUT2D eigenvalue weighted by molar-refractivity contribution is 5.21. The van der Waals surface area contributed by atoms with E-state index in [1.807, 2.05) is 19.9 Å². The van der Waals surface area contributed by atoms with Crippen LogP contribution in [0.4, 0.5) is 0 Å². The van der Waals surface area contributed by atoms with Crippen molar-refractivity contribution in [3.8, 4) is 0 Å². The summed E-state index contributed by atoms with van der Waals surface area (Å²) in [4.78, 5) is 0. The topological polar surface area (TPSA) is 0 Å². The molecule has 0 aromatic carbocycles. The first-order valence-electron chi connectivity index (χ1n) is 5.98. The van der Waals surface area contributed by atoms with Gasteiger partial charge in [-0.3, -0.25) is 0 Å². The molecule has 0 aliphatic carbocycles. The van der Waals surface area contributed by atoms with Crippen LogP contribution in [0.2, 0.25) is 0 Å². The Balaban J connectivity index is -0.000000205. The standard InChI is InChI=1S/C9H16.C3H8.C2H6/c1-5-8(4)9(6-2)7-3;1-3-2;1-2/h6H,2,5,7H2,1,3-4H3;3H2,1-2H3;1-2H3/b9-8+;;. The smallest absolute Gasteiger partial charge is 0.0308 e. The summed E-state index contributed by atoms with van der Waals surface area (Å²) in [6.07, 6.45) is 5.47. The van der Waals surface area contributed by atoms with Crippen molar-refractivity contribution >= 4 is 0 Å². The molecule has 14 heavy (non-hydrogen) atoms. The van der Waals surface area contributed by atoms with E-state index in [2.05, 4.69) is 41.2 Å². The molecular formula is C14H30. The summed E-state index contributed by atoms with van der Waals surface area (Å²) in [5, 5.41) is 0. The van der Waals surface area contributed by atoms with Crippen LogP contribution in [0.15, 0.2) is 23.8 Å². The normalized spacial score (nSPS) is 9.93. The lowest BCUT2D eigenvalue weighted by Gasteiger charge is -2.00. The average Bonchev–Trinajstić information content (AvgIpc) is 2.23. The van der Waals surface area contributed by atoms with E-state index >= 15 is 0 Å². The van der Waals surface area contributed by atoms with Crippen LogP contribution in [-0.4, -0.2) is 0 Å². The van der Waals surface area contributed by atoms with Gasteiger partial charge < -0.3 is 0 Å². The minimum Gasteiger partial charge on any atom is -0.0988 e. The fraction of sp³-hybridized carbons (Fsp3) is 0.714. The summed E-state index contributed by atoms with van der Waals surface area (Å²) in [5.41, 5.74) is 2.87. The molecule has 0 spiro atoms. The third-order valence-electron chi connectivity index (χ3n) is 1.71. The molecule has 0 radical (unpaired) electrons. The van der Waals surface area contributed by atoms with Crippen molar-refractivity contribution < 1.29 is 0 Å². The van der Waals surface area contributed by atoms with E-state index in [0.717, 1.165) is 12.8 Å². The molecule has 0 aliphatic heterocycles. The van der Waals surface area contributed by atoms with Crippen LogP contribution in [0.5, 0.6) is 0 Å². The third kappa shape index (κ3) is 14.0. The lowest BCUT2D eigenvalue weighted by atomic mass is 10.1. The first kappa shape index (κ1) is 19.1. The van der Waals surface area contributed by atoms with Crippen LogP contribution in [-0.2, 0) is 0 Å². The van der Waals surface area contributed by atoms with Gasteiger partial charge in [0.2, 0.25) is 0 Å². The second-order valence-corrected chi connectivity index (χ2v) is 2.92. The number of hydrogen-bond acceptors (Lipinski definition) is 0. The monoisotopic (exact) mass is 198 g/mol. The lowest BCUT2D eigenvalue weighted by molar-refractivity contribution is 1.02. The van der Waals surface area contributed by atoms with Crippen molar-refractivity contribution in [1.29, 1.82) is 0 Å². The first-order chi connectivity index (χ1) is 6.67. The summed E-state index contributed by atoms with van der Waals surface area (Å²) in [6.45, 7) is 18.5. The molecule has 0 heteroatoms. The molecule has 86 valence electrons. The molecule has 0 rings (SSSR count). The zero-order valence-corrected chi connectivity index (χ0v) is 11.4. The van der Waals surface area contributed by atoms with Crippen molar-refractivity contribution in [1.82, 2.24) is 0 Å². The molecule has 0 heterocycles. The minimum absolute atomic E-state index is 1.11. The fourth-order valence-electron chi connectivity index (χ4n) is 0.847. The van der Waals surface area contributed by atoms with Gasteiger partial charge in [-0.25, -0.2) is 0 Å². The number of allylic oxidation sites excluding steroid dienone is 3. The van der Waals surface area contributed by atoms with Gasteiger partial charge in [-0.2, -0.15) is 0 Å². The van der Waals surface area contributed by atoms with Crippen LogP contribution in [0, 0.1) is 0 Å². The Labute approximate surface area is 92.1 Å². The molecule has 0 fully saturated rings. The van der Waals surface area contributed by atoms with Crippen LogP contribution >= 0.6 is 0 Å². The summed E-state index contributed by atoms with van der Waals surface area (Å²) < 4.78 is 0. The van der Waals surface area contributed by atoms with Crippen LogP contribution in [0.1, 0.15) is 67.7 Å². The van der Waals surface area contributed by atoms with Crippen molar-refractivity contribution in [2.45, 2.75) is 67.7 Å². The summed E-state index contributed by atoms with van der Waals surface area (Å²) >= 11 is 0. The Kier molecular flexibility index (Phi) is 25.0. The maximum Gasteiger partial charge on any atom is -0.0308 e. The lowest BCUT2D eigenvalue weighted by Crippen LogP contribution is -1.80. The second kappa shape index (κ2) is 18.3. The van der Waals surface area contributed by atoms with Gasteiger partial charge in [-0.15, -0.1) is 0 Å². The van der Waals surface area contributed by atoms with Gasteiger partial charge in [0.15, 0.2) is 0 Å². The van der Waals surface area contributed by atoms with Crippen molar-refractivity contribution in [3.63, 3.8) is 0 Å². The van der Waals surface area contributed by atoms with E-state index in [9.17, 15) is 0 Å². The van der Waals surface area contributed by atoms with Crippen molar-refractivity contribution in [2.24, 2.45) is 0 Å². The van der Waals surface area contributed by atoms with E-state index < -0.39 is 0 Å². The van der Waals surface area contributed by atoms with E-state index in [0.29, 0.717) is 0 Å². The zero-order chi connectivity index (χ0) is 12.0. The molecule has 0 saturated heterocycles. The van der Waals surface area contributed by atoms with Gasteiger partial charge in [0.05, 0.1) is 0 Å². The van der Waals surface area contributed by atoms with Gasteiger partial charge in [0.25, 0.3) is 0 Å². The predicted molar refractivity (Wildman–Crippen MR) is 70.8 cm³/mol. The molecule has 0 bridgehead atoms. The van der Waals surface area contributed by atoms with E-state index in [1.54, 1.807) is 0 Å². The van der Waals surface area contributed by atoms with Gasteiger partial charge in [-0.05, 0) is 25.3 Å². The van der Waals surface area contributed by atoms with E-state index in [4.69, 9.17) is 0 Å². The van der Waals surface area contributed by atoms with Gasteiger partial charge in [0.1, 0.15) is 0 Å². The molecule has 0 aromatic rings. The number of rotatable bonds is 3. The zero-order valence-electron chi connectivity index (χ0n) is 11.4. The summed E-state index contributed by atoms with van der Waals surface area (Å²) in [7, 11) is 0. The highest BCUT2D eigenvalue weighted by Crippen LogP contribution is 2.11. The molecular weight excluding hydrogens is 168 g/mol. The van der Waals surface area contributed by atoms with Crippen LogP contribution < -0.4 is 0 Å². The Morgan fingerprint density at radius 2 is 1.36 bits per heavy atom. The van der Waals surface area contributed by atoms with Crippen molar-refractivity contribution in [3.05, 3.63) is 23.8 Å². The molecule has 0 amide bonds. The maximum absolute atomic E-state index is 3.74. The summed E-state index contributed by atoms with van der Waals surface area (Å²) in [6, 6.07) is 0. The Bertz CT molecular complexity index is 129. The second-order valence-electron chi connectivity index (χ2n) is 2.92. The molecule has 0 saturated carbocycles. The van der Waals surface area contributed by atoms with Crippen LogP contribution in [0.25, 0.3) is 0 Å². The molecule has 0 N–H and O–H groups in total. The third-order valence-corrected chi connectivity index (χ3v) is 1.71. The molecule has 0 aliphatic rings. The Morgan fingerprint density at radius 1 is 1.00 bits per heavy atom. The Hall–Kier alpha value is -0.520. The maximum atomic E-state index is 3.74. The molecule has 0 nitrogen and oxygen atoms in total. The predicted octanol–water partition coefficient (Wildman–Crippen LogP) is 5.75. The number of hydrogen-bond donors (Lipinski definition) is 0. The van der Waals surface area contributed by atoms with Crippen molar-refractivity contribution in [2.75, 3.05) is 0 Å². The fourth-order valence-corrected chi connectivity index (χ4v) is 0.847. The molecule has 0 aromatic heterocycles. The first-order valence-corrected chi connectivity index (χ1v) is 5.98. The molecule has 0 atom stereocenters. The minimum atomic E-state index is 1.11. The largest absolute Gasteiger partial charge is 0.0988 e. The highest BCUT2D eigenvalue weighted by atomic mass is 14.0. The quantitative estimate of drug-likeness (QED) is 0.506. The Morgan fingerprint density at radius 3 is 1.43 bits per heavy atom. The highest BCUT2D eigenvalue weighted by Gasteiger charge is 1.90. The summed E-state index contributed by atoms with van der Waals surface area (Å²) in [5.74, 6) is 0.